The predicted octanol–water partition coefficient (Wildman–Crippen LogP) is 1.02. The Morgan fingerprint density at radius 2 is 1.94 bits per heavy atom. The largest absolute Gasteiger partial charge is 0.396 e. The van der Waals surface area contributed by atoms with E-state index < -0.39 is 10.0 Å². The van der Waals surface area contributed by atoms with Gasteiger partial charge in [0, 0.05) is 24.7 Å². The zero-order chi connectivity index (χ0) is 12.2. The van der Waals surface area contributed by atoms with E-state index in [2.05, 4.69) is 0 Å². The molecule has 1 aromatic carbocycles. The highest BCUT2D eigenvalue weighted by Crippen LogP contribution is 2.27. The molecule has 0 unspecified atom stereocenters. The highest BCUT2D eigenvalue weighted by molar-refractivity contribution is 8.00. The molecule has 0 aliphatic rings. The number of aliphatic hydroxyl groups excluding tert-OH is 1. The van der Waals surface area contributed by atoms with Crippen LogP contribution >= 0.6 is 11.8 Å². The first-order valence-electron chi connectivity index (χ1n) is 4.75. The van der Waals surface area contributed by atoms with Crippen molar-refractivity contribution in [3.8, 4) is 0 Å². The van der Waals surface area contributed by atoms with Crippen LogP contribution in [0.25, 0.3) is 0 Å². The molecular formula is C10H15NO3S2. The maximum absolute atomic E-state index is 12.0. The summed E-state index contributed by atoms with van der Waals surface area (Å²) in [4.78, 5) is 0.962. The first-order chi connectivity index (χ1) is 7.50. The van der Waals surface area contributed by atoms with E-state index in [0.29, 0.717) is 15.5 Å². The van der Waals surface area contributed by atoms with Crippen molar-refractivity contribution >= 4 is 21.8 Å². The number of hydrogen-bond donors (Lipinski definition) is 1. The monoisotopic (exact) mass is 261 g/mol. The Morgan fingerprint density at radius 1 is 1.31 bits per heavy atom. The van der Waals surface area contributed by atoms with Gasteiger partial charge in [0.1, 0.15) is 0 Å². The minimum atomic E-state index is -3.41. The molecule has 0 radical (unpaired) electrons. The van der Waals surface area contributed by atoms with Crippen LogP contribution in [0.1, 0.15) is 0 Å². The van der Waals surface area contributed by atoms with Gasteiger partial charge in [-0.2, -0.15) is 0 Å². The van der Waals surface area contributed by atoms with E-state index in [1.807, 2.05) is 0 Å². The molecule has 0 aromatic heterocycles. The molecule has 0 saturated carbocycles. The second-order valence-electron chi connectivity index (χ2n) is 3.31. The lowest BCUT2D eigenvalue weighted by atomic mass is 10.4. The summed E-state index contributed by atoms with van der Waals surface area (Å²) in [5.74, 6) is 0.486. The van der Waals surface area contributed by atoms with Gasteiger partial charge in [0.05, 0.1) is 11.5 Å². The summed E-state index contributed by atoms with van der Waals surface area (Å²) in [6.07, 6.45) is 0. The van der Waals surface area contributed by atoms with E-state index in [1.54, 1.807) is 24.3 Å². The average molecular weight is 261 g/mol. The lowest BCUT2D eigenvalue weighted by Crippen LogP contribution is -2.22. The molecule has 0 aliphatic carbocycles. The van der Waals surface area contributed by atoms with E-state index in [0.717, 1.165) is 0 Å². The minimum absolute atomic E-state index is 0.0288. The lowest BCUT2D eigenvalue weighted by Gasteiger charge is -2.14. The normalized spacial score (nSPS) is 12.0. The number of benzene rings is 1. The number of hydrogen-bond acceptors (Lipinski definition) is 4. The van der Waals surface area contributed by atoms with Gasteiger partial charge in [0.25, 0.3) is 0 Å². The van der Waals surface area contributed by atoms with E-state index in [-0.39, 0.29) is 6.61 Å². The molecule has 0 saturated heterocycles. The standard InChI is InChI=1S/C10H15NO3S2/c1-11(2)16(13,14)10-6-4-3-5-9(10)15-8-7-12/h3-6,12H,7-8H2,1-2H3. The summed E-state index contributed by atoms with van der Waals surface area (Å²) in [6.45, 7) is 0.0288. The highest BCUT2D eigenvalue weighted by Gasteiger charge is 2.20. The molecule has 0 bridgehead atoms. The van der Waals surface area contributed by atoms with Crippen LogP contribution in [0.2, 0.25) is 0 Å². The Labute approximate surface area is 100 Å². The number of rotatable bonds is 5. The van der Waals surface area contributed by atoms with Crippen molar-refractivity contribution in [1.82, 2.24) is 4.31 Å². The Morgan fingerprint density at radius 3 is 2.50 bits per heavy atom. The second-order valence-corrected chi connectivity index (χ2v) is 6.56. The Bertz CT molecular complexity index is 443. The van der Waals surface area contributed by atoms with Crippen LogP contribution in [0.5, 0.6) is 0 Å². The van der Waals surface area contributed by atoms with Crippen LogP contribution < -0.4 is 0 Å². The van der Waals surface area contributed by atoms with Crippen LogP contribution in [0.3, 0.4) is 0 Å². The van der Waals surface area contributed by atoms with Gasteiger partial charge in [-0.15, -0.1) is 11.8 Å². The Hall–Kier alpha value is -0.560. The van der Waals surface area contributed by atoms with Gasteiger partial charge in [-0.1, -0.05) is 12.1 Å². The first kappa shape index (κ1) is 13.5. The van der Waals surface area contributed by atoms with Gasteiger partial charge in [-0.25, -0.2) is 12.7 Å². The van der Waals surface area contributed by atoms with Crippen molar-refractivity contribution in [2.45, 2.75) is 9.79 Å². The van der Waals surface area contributed by atoms with Gasteiger partial charge in [-0.3, -0.25) is 0 Å². The molecule has 0 spiro atoms. The third-order valence-electron chi connectivity index (χ3n) is 1.96. The molecule has 16 heavy (non-hydrogen) atoms. The van der Waals surface area contributed by atoms with Crippen LogP contribution in [0, 0.1) is 0 Å². The molecule has 0 fully saturated rings. The molecule has 4 nitrogen and oxygen atoms in total. The van der Waals surface area contributed by atoms with Gasteiger partial charge in [0.15, 0.2) is 0 Å². The zero-order valence-electron chi connectivity index (χ0n) is 9.25. The zero-order valence-corrected chi connectivity index (χ0v) is 10.9. The fourth-order valence-electron chi connectivity index (χ4n) is 1.13. The maximum atomic E-state index is 12.0. The second kappa shape index (κ2) is 5.67. The number of nitrogens with zero attached hydrogens (tertiary/aromatic N) is 1. The molecule has 0 aliphatic heterocycles. The Balaban J connectivity index is 3.13. The third kappa shape index (κ3) is 2.98. The smallest absolute Gasteiger partial charge is 0.243 e. The molecular weight excluding hydrogens is 246 g/mol. The van der Waals surface area contributed by atoms with Crippen molar-refractivity contribution in [3.05, 3.63) is 24.3 Å². The van der Waals surface area contributed by atoms with E-state index >= 15 is 0 Å². The topological polar surface area (TPSA) is 57.6 Å². The van der Waals surface area contributed by atoms with Gasteiger partial charge >= 0.3 is 0 Å². The fraction of sp³-hybridized carbons (Fsp3) is 0.400. The van der Waals surface area contributed by atoms with Crippen molar-refractivity contribution < 1.29 is 13.5 Å². The molecule has 1 rings (SSSR count). The van der Waals surface area contributed by atoms with Crippen molar-refractivity contribution in [2.75, 3.05) is 26.5 Å². The number of thioether (sulfide) groups is 1. The van der Waals surface area contributed by atoms with Crippen molar-refractivity contribution in [2.24, 2.45) is 0 Å². The van der Waals surface area contributed by atoms with E-state index in [1.165, 1.54) is 30.2 Å². The summed E-state index contributed by atoms with van der Waals surface area (Å²) in [6, 6.07) is 6.81. The van der Waals surface area contributed by atoms with Crippen LogP contribution in [-0.4, -0.2) is 44.3 Å². The quantitative estimate of drug-likeness (QED) is 0.804. The molecule has 1 aromatic rings. The van der Waals surface area contributed by atoms with Gasteiger partial charge in [0.2, 0.25) is 10.0 Å². The molecule has 0 atom stereocenters. The fourth-order valence-corrected chi connectivity index (χ4v) is 3.29. The summed E-state index contributed by atoms with van der Waals surface area (Å²) < 4.78 is 25.1. The molecule has 1 N–H and O–H groups in total. The average Bonchev–Trinajstić information content (AvgIpc) is 2.26. The molecule has 0 heterocycles. The van der Waals surface area contributed by atoms with E-state index in [4.69, 9.17) is 5.11 Å². The molecule has 90 valence electrons. The predicted molar refractivity (Wildman–Crippen MR) is 65.1 cm³/mol. The molecule has 6 heteroatoms. The minimum Gasteiger partial charge on any atom is -0.396 e. The van der Waals surface area contributed by atoms with Crippen molar-refractivity contribution in [1.29, 1.82) is 0 Å². The summed E-state index contributed by atoms with van der Waals surface area (Å²) in [7, 11) is -0.401. The summed E-state index contributed by atoms with van der Waals surface area (Å²) >= 11 is 1.34. The number of aliphatic hydroxyl groups is 1. The number of sulfonamides is 1. The maximum Gasteiger partial charge on any atom is 0.243 e. The third-order valence-corrected chi connectivity index (χ3v) is 5.01. The van der Waals surface area contributed by atoms with E-state index in [9.17, 15) is 8.42 Å². The van der Waals surface area contributed by atoms with Crippen LogP contribution in [0.15, 0.2) is 34.1 Å². The molecule has 0 amide bonds. The van der Waals surface area contributed by atoms with Crippen molar-refractivity contribution in [3.63, 3.8) is 0 Å². The summed E-state index contributed by atoms with van der Waals surface area (Å²) in [5.41, 5.74) is 0. The summed E-state index contributed by atoms with van der Waals surface area (Å²) in [5, 5.41) is 8.75. The van der Waals surface area contributed by atoms with Crippen LogP contribution in [0.4, 0.5) is 0 Å². The SMILES string of the molecule is CN(C)S(=O)(=O)c1ccccc1SCCO. The van der Waals surface area contributed by atoms with Gasteiger partial charge < -0.3 is 5.11 Å². The van der Waals surface area contributed by atoms with Gasteiger partial charge in [-0.05, 0) is 12.1 Å². The Kier molecular flexibility index (Phi) is 4.79. The van der Waals surface area contributed by atoms with Crippen LogP contribution in [-0.2, 0) is 10.0 Å². The highest BCUT2D eigenvalue weighted by atomic mass is 32.2. The lowest BCUT2D eigenvalue weighted by molar-refractivity contribution is 0.322. The first-order valence-corrected chi connectivity index (χ1v) is 7.18.